The minimum Gasteiger partial charge on any atom is -0.454 e. The van der Waals surface area contributed by atoms with Gasteiger partial charge >= 0.3 is 0 Å². The molecule has 1 saturated heterocycles. The summed E-state index contributed by atoms with van der Waals surface area (Å²) in [7, 11) is 0. The Hall–Kier alpha value is -2.01. The van der Waals surface area contributed by atoms with E-state index >= 15 is 0 Å². The monoisotopic (exact) mass is 302 g/mol. The normalized spacial score (nSPS) is 17.3. The molecule has 1 aromatic carbocycles. The van der Waals surface area contributed by atoms with Crippen LogP contribution in [0.1, 0.15) is 24.8 Å². The molecule has 0 atom stereocenters. The van der Waals surface area contributed by atoms with Crippen molar-refractivity contribution < 1.29 is 14.3 Å². The Morgan fingerprint density at radius 1 is 1.23 bits per heavy atom. The van der Waals surface area contributed by atoms with Crippen molar-refractivity contribution in [3.63, 3.8) is 0 Å². The molecule has 0 bridgehead atoms. The Bertz CT molecular complexity index is 551. The van der Waals surface area contributed by atoms with Gasteiger partial charge < -0.3 is 19.7 Å². The van der Waals surface area contributed by atoms with E-state index in [-0.39, 0.29) is 12.7 Å². The van der Waals surface area contributed by atoms with E-state index in [4.69, 9.17) is 9.47 Å². The molecule has 0 saturated carbocycles. The van der Waals surface area contributed by atoms with Crippen molar-refractivity contribution in [2.24, 2.45) is 0 Å². The number of hydrogen-bond donors (Lipinski definition) is 1. The number of nitrogens with zero attached hydrogens (tertiary/aromatic N) is 1. The molecule has 0 radical (unpaired) electrons. The number of hydrogen-bond acceptors (Lipinski definition) is 4. The molecule has 0 spiro atoms. The van der Waals surface area contributed by atoms with Crippen molar-refractivity contribution in [1.29, 1.82) is 0 Å². The summed E-state index contributed by atoms with van der Waals surface area (Å²) in [4.78, 5) is 14.2. The first-order valence-corrected chi connectivity index (χ1v) is 7.89. The molecule has 22 heavy (non-hydrogen) atoms. The topological polar surface area (TPSA) is 50.8 Å². The average molecular weight is 302 g/mol. The van der Waals surface area contributed by atoms with E-state index in [1.165, 1.54) is 25.9 Å². The Morgan fingerprint density at radius 2 is 2.05 bits per heavy atom. The molecule has 1 N–H and O–H groups in total. The molecule has 2 aliphatic heterocycles. The summed E-state index contributed by atoms with van der Waals surface area (Å²) in [6, 6.07) is 5.64. The first-order valence-electron chi connectivity index (χ1n) is 7.89. The van der Waals surface area contributed by atoms with Crippen molar-refractivity contribution in [3.8, 4) is 11.5 Å². The molecule has 1 aromatic rings. The lowest BCUT2D eigenvalue weighted by atomic mass is 10.2. The summed E-state index contributed by atoms with van der Waals surface area (Å²) in [5, 5.41) is 2.92. The van der Waals surface area contributed by atoms with Gasteiger partial charge in [-0.1, -0.05) is 6.07 Å². The van der Waals surface area contributed by atoms with Gasteiger partial charge in [0.25, 0.3) is 0 Å². The zero-order valence-electron chi connectivity index (χ0n) is 12.7. The van der Waals surface area contributed by atoms with Gasteiger partial charge in [0.1, 0.15) is 0 Å². The number of fused-ring (bicyclic) bond motifs is 1. The van der Waals surface area contributed by atoms with Gasteiger partial charge in [-0.3, -0.25) is 4.79 Å². The minimum absolute atomic E-state index is 0.0564. The number of amides is 1. The maximum absolute atomic E-state index is 11.8. The number of carbonyl (C=O) groups is 1. The second kappa shape index (κ2) is 7.31. The molecular formula is C17H22N2O3. The Kier molecular flexibility index (Phi) is 4.96. The zero-order valence-corrected chi connectivity index (χ0v) is 12.7. The largest absolute Gasteiger partial charge is 0.454 e. The molecule has 0 aromatic heterocycles. The van der Waals surface area contributed by atoms with Crippen LogP contribution in [-0.4, -0.2) is 43.8 Å². The van der Waals surface area contributed by atoms with E-state index in [1.54, 1.807) is 12.2 Å². The molecule has 3 rings (SSSR count). The van der Waals surface area contributed by atoms with Crippen LogP contribution in [0.2, 0.25) is 0 Å². The fourth-order valence-electron chi connectivity index (χ4n) is 2.77. The summed E-state index contributed by atoms with van der Waals surface area (Å²) in [6.45, 7) is 4.48. The third-order valence-corrected chi connectivity index (χ3v) is 3.97. The Morgan fingerprint density at radius 3 is 2.91 bits per heavy atom. The lowest BCUT2D eigenvalue weighted by Gasteiger charge is -2.13. The highest BCUT2D eigenvalue weighted by molar-refractivity contribution is 5.91. The molecule has 1 amide bonds. The van der Waals surface area contributed by atoms with Crippen LogP contribution in [0, 0.1) is 0 Å². The van der Waals surface area contributed by atoms with Gasteiger partial charge in [-0.05, 0) is 62.7 Å². The van der Waals surface area contributed by atoms with Crippen molar-refractivity contribution in [1.82, 2.24) is 10.2 Å². The third-order valence-electron chi connectivity index (χ3n) is 3.97. The SMILES string of the molecule is O=C(/C=C/c1ccc2c(c1)OCO2)NCCCN1CCCC1. The predicted octanol–water partition coefficient (Wildman–Crippen LogP) is 2.03. The summed E-state index contributed by atoms with van der Waals surface area (Å²) in [5.41, 5.74) is 0.927. The van der Waals surface area contributed by atoms with E-state index in [9.17, 15) is 4.79 Å². The van der Waals surface area contributed by atoms with Gasteiger partial charge in [-0.15, -0.1) is 0 Å². The smallest absolute Gasteiger partial charge is 0.243 e. The minimum atomic E-state index is -0.0564. The first-order chi connectivity index (χ1) is 10.8. The van der Waals surface area contributed by atoms with Gasteiger partial charge in [-0.25, -0.2) is 0 Å². The lowest BCUT2D eigenvalue weighted by molar-refractivity contribution is -0.116. The number of carbonyl (C=O) groups excluding carboxylic acids is 1. The fourth-order valence-corrected chi connectivity index (χ4v) is 2.77. The van der Waals surface area contributed by atoms with Crippen LogP contribution in [0.3, 0.4) is 0 Å². The van der Waals surface area contributed by atoms with Crippen molar-refractivity contribution >= 4 is 12.0 Å². The van der Waals surface area contributed by atoms with Crippen LogP contribution in [0.15, 0.2) is 24.3 Å². The molecule has 5 heteroatoms. The molecule has 118 valence electrons. The highest BCUT2D eigenvalue weighted by atomic mass is 16.7. The van der Waals surface area contributed by atoms with Crippen LogP contribution < -0.4 is 14.8 Å². The molecule has 0 unspecified atom stereocenters. The van der Waals surface area contributed by atoms with Crippen LogP contribution in [0.4, 0.5) is 0 Å². The highest BCUT2D eigenvalue weighted by Gasteiger charge is 2.12. The summed E-state index contributed by atoms with van der Waals surface area (Å²) < 4.78 is 10.6. The maximum Gasteiger partial charge on any atom is 0.243 e. The fraction of sp³-hybridized carbons (Fsp3) is 0.471. The molecule has 0 aliphatic carbocycles. The van der Waals surface area contributed by atoms with Crippen molar-refractivity contribution in [3.05, 3.63) is 29.8 Å². The average Bonchev–Trinajstić information content (AvgIpc) is 3.20. The molecule has 5 nitrogen and oxygen atoms in total. The standard InChI is InChI=1S/C17H22N2O3/c20-17(18-8-3-11-19-9-1-2-10-19)7-5-14-4-6-15-16(12-14)22-13-21-15/h4-7,12H,1-3,8-11,13H2,(H,18,20)/b7-5+. The second-order valence-electron chi connectivity index (χ2n) is 5.64. The van der Waals surface area contributed by atoms with E-state index in [0.717, 1.165) is 36.6 Å². The van der Waals surface area contributed by atoms with Crippen LogP contribution in [0.5, 0.6) is 11.5 Å². The van der Waals surface area contributed by atoms with E-state index < -0.39 is 0 Å². The summed E-state index contributed by atoms with van der Waals surface area (Å²) in [5.74, 6) is 1.43. The van der Waals surface area contributed by atoms with E-state index in [1.807, 2.05) is 18.2 Å². The molecule has 1 fully saturated rings. The van der Waals surface area contributed by atoms with Gasteiger partial charge in [-0.2, -0.15) is 0 Å². The quantitative estimate of drug-likeness (QED) is 0.645. The summed E-state index contributed by atoms with van der Waals surface area (Å²) in [6.07, 6.45) is 6.98. The Labute approximate surface area is 130 Å². The van der Waals surface area contributed by atoms with E-state index in [2.05, 4.69) is 10.2 Å². The predicted molar refractivity (Wildman–Crippen MR) is 84.9 cm³/mol. The van der Waals surface area contributed by atoms with E-state index in [0.29, 0.717) is 0 Å². The van der Waals surface area contributed by atoms with Crippen LogP contribution in [0.25, 0.3) is 6.08 Å². The number of likely N-dealkylation sites (tertiary alicyclic amines) is 1. The summed E-state index contributed by atoms with van der Waals surface area (Å²) >= 11 is 0. The number of ether oxygens (including phenoxy) is 2. The zero-order chi connectivity index (χ0) is 15.2. The maximum atomic E-state index is 11.8. The van der Waals surface area contributed by atoms with Crippen molar-refractivity contribution in [2.75, 3.05) is 33.0 Å². The number of benzene rings is 1. The molecule has 2 heterocycles. The van der Waals surface area contributed by atoms with Crippen LogP contribution >= 0.6 is 0 Å². The molecular weight excluding hydrogens is 280 g/mol. The molecule has 2 aliphatic rings. The van der Waals surface area contributed by atoms with Crippen LogP contribution in [-0.2, 0) is 4.79 Å². The number of rotatable bonds is 6. The Balaban J connectivity index is 1.39. The van der Waals surface area contributed by atoms with Gasteiger partial charge in [0.05, 0.1) is 0 Å². The van der Waals surface area contributed by atoms with Gasteiger partial charge in [0, 0.05) is 12.6 Å². The first kappa shape index (κ1) is 14.9. The lowest BCUT2D eigenvalue weighted by Crippen LogP contribution is -2.27. The third kappa shape index (κ3) is 4.01. The highest BCUT2D eigenvalue weighted by Crippen LogP contribution is 2.32. The van der Waals surface area contributed by atoms with Crippen molar-refractivity contribution in [2.45, 2.75) is 19.3 Å². The van der Waals surface area contributed by atoms with Gasteiger partial charge in [0.2, 0.25) is 12.7 Å². The number of nitrogens with one attached hydrogen (secondary N) is 1. The second-order valence-corrected chi connectivity index (χ2v) is 5.64. The van der Waals surface area contributed by atoms with Gasteiger partial charge in [0.15, 0.2) is 11.5 Å².